The predicted molar refractivity (Wildman–Crippen MR) is 97.1 cm³/mol. The summed E-state index contributed by atoms with van der Waals surface area (Å²) in [4.78, 5) is 17.5. The van der Waals surface area contributed by atoms with Crippen molar-refractivity contribution in [3.8, 4) is 11.1 Å². The molecule has 0 spiro atoms. The van der Waals surface area contributed by atoms with Crippen molar-refractivity contribution in [3.05, 3.63) is 94.0 Å². The Balaban J connectivity index is 1.73. The molecule has 24 heavy (non-hydrogen) atoms. The van der Waals surface area contributed by atoms with Crippen LogP contribution >= 0.6 is 15.9 Å². The quantitative estimate of drug-likeness (QED) is 0.362. The molecule has 0 N–H and O–H groups in total. The van der Waals surface area contributed by atoms with Gasteiger partial charge in [-0.05, 0) is 39.2 Å². The van der Waals surface area contributed by atoms with Crippen LogP contribution in [-0.4, -0.2) is 11.7 Å². The van der Waals surface area contributed by atoms with Crippen molar-refractivity contribution in [1.29, 1.82) is 0 Å². The summed E-state index contributed by atoms with van der Waals surface area (Å²) in [5.74, 6) is -0.489. The zero-order valence-corrected chi connectivity index (χ0v) is 14.2. The van der Waals surface area contributed by atoms with Gasteiger partial charge in [0.1, 0.15) is 5.71 Å². The summed E-state index contributed by atoms with van der Waals surface area (Å²) in [7, 11) is 0. The molecular formula is C20H12BrNO2. The first kappa shape index (κ1) is 14.8. The fraction of sp³-hybridized carbons (Fsp3) is 0. The Morgan fingerprint density at radius 2 is 1.25 bits per heavy atom. The van der Waals surface area contributed by atoms with Gasteiger partial charge in [-0.1, -0.05) is 65.8 Å². The molecule has 3 aromatic carbocycles. The van der Waals surface area contributed by atoms with Gasteiger partial charge >= 0.3 is 5.97 Å². The van der Waals surface area contributed by atoms with Crippen LogP contribution in [0.25, 0.3) is 11.1 Å². The lowest BCUT2D eigenvalue weighted by atomic mass is 10.1. The van der Waals surface area contributed by atoms with Crippen molar-refractivity contribution in [2.45, 2.75) is 0 Å². The van der Waals surface area contributed by atoms with E-state index in [4.69, 9.17) is 4.84 Å². The second kappa shape index (κ2) is 6.06. The van der Waals surface area contributed by atoms with E-state index in [2.05, 4.69) is 21.1 Å². The Bertz CT molecular complexity index is 931. The summed E-state index contributed by atoms with van der Waals surface area (Å²) in [6.07, 6.45) is 0. The van der Waals surface area contributed by atoms with Crippen LogP contribution in [0.1, 0.15) is 21.5 Å². The number of nitrogens with zero attached hydrogens (tertiary/aromatic N) is 1. The third kappa shape index (κ3) is 2.45. The number of carbonyl (C=O) groups is 1. The summed E-state index contributed by atoms with van der Waals surface area (Å²) < 4.78 is 0.683. The van der Waals surface area contributed by atoms with Gasteiger partial charge in [0.25, 0.3) is 0 Å². The monoisotopic (exact) mass is 377 g/mol. The van der Waals surface area contributed by atoms with Gasteiger partial charge < -0.3 is 4.84 Å². The van der Waals surface area contributed by atoms with Crippen LogP contribution < -0.4 is 0 Å². The lowest BCUT2D eigenvalue weighted by molar-refractivity contribution is 0.0516. The van der Waals surface area contributed by atoms with E-state index in [-0.39, 0.29) is 0 Å². The van der Waals surface area contributed by atoms with E-state index >= 15 is 0 Å². The topological polar surface area (TPSA) is 38.7 Å². The third-order valence-corrected chi connectivity index (χ3v) is 4.66. The molecule has 0 saturated carbocycles. The van der Waals surface area contributed by atoms with Gasteiger partial charge in [0, 0.05) is 15.6 Å². The van der Waals surface area contributed by atoms with Crippen LogP contribution in [0.2, 0.25) is 0 Å². The highest BCUT2D eigenvalue weighted by atomic mass is 79.9. The highest BCUT2D eigenvalue weighted by molar-refractivity contribution is 9.10. The predicted octanol–water partition coefficient (Wildman–Crippen LogP) is 5.04. The van der Waals surface area contributed by atoms with Crippen LogP contribution in [0, 0.1) is 0 Å². The van der Waals surface area contributed by atoms with Crippen molar-refractivity contribution < 1.29 is 9.63 Å². The molecule has 0 bridgehead atoms. The van der Waals surface area contributed by atoms with E-state index in [0.717, 1.165) is 22.3 Å². The largest absolute Gasteiger partial charge is 0.366 e. The first-order valence-corrected chi connectivity index (χ1v) is 8.28. The maximum atomic E-state index is 12.3. The van der Waals surface area contributed by atoms with E-state index in [0.29, 0.717) is 15.7 Å². The molecule has 0 unspecified atom stereocenters. The molecule has 1 aliphatic rings. The minimum absolute atomic E-state index is 0.446. The average Bonchev–Trinajstić information content (AvgIpc) is 2.94. The fourth-order valence-electron chi connectivity index (χ4n) is 2.86. The molecule has 0 amide bonds. The Morgan fingerprint density at radius 1 is 0.750 bits per heavy atom. The normalized spacial score (nSPS) is 11.6. The third-order valence-electron chi connectivity index (χ3n) is 3.97. The second-order valence-corrected chi connectivity index (χ2v) is 6.24. The standard InChI is InChI=1S/C20H12BrNO2/c21-18-12-6-5-11-17(18)20(23)24-22-19-15-9-3-1-7-13(15)14-8-2-4-10-16(14)19/h1-12H. The molecule has 116 valence electrons. The van der Waals surface area contributed by atoms with Gasteiger partial charge in [0.2, 0.25) is 0 Å². The number of carbonyl (C=O) groups excluding carboxylic acids is 1. The number of hydrogen-bond donors (Lipinski definition) is 0. The van der Waals surface area contributed by atoms with Crippen LogP contribution in [-0.2, 0) is 4.84 Å². The molecule has 3 aromatic rings. The van der Waals surface area contributed by atoms with E-state index in [1.807, 2.05) is 54.6 Å². The van der Waals surface area contributed by atoms with E-state index in [1.165, 1.54) is 0 Å². The van der Waals surface area contributed by atoms with Gasteiger partial charge in [-0.15, -0.1) is 0 Å². The van der Waals surface area contributed by atoms with Gasteiger partial charge in [0.05, 0.1) is 5.56 Å². The van der Waals surface area contributed by atoms with Crippen LogP contribution in [0.4, 0.5) is 0 Å². The average molecular weight is 378 g/mol. The summed E-state index contributed by atoms with van der Waals surface area (Å²) in [5.41, 5.74) is 5.27. The molecule has 3 nitrogen and oxygen atoms in total. The van der Waals surface area contributed by atoms with Gasteiger partial charge in [-0.2, -0.15) is 0 Å². The highest BCUT2D eigenvalue weighted by Crippen LogP contribution is 2.36. The van der Waals surface area contributed by atoms with Crippen LogP contribution in [0.15, 0.2) is 82.4 Å². The van der Waals surface area contributed by atoms with Crippen molar-refractivity contribution in [3.63, 3.8) is 0 Å². The van der Waals surface area contributed by atoms with Crippen molar-refractivity contribution >= 4 is 27.6 Å². The zero-order chi connectivity index (χ0) is 16.5. The molecule has 1 aliphatic carbocycles. The molecule has 0 fully saturated rings. The first-order chi connectivity index (χ1) is 11.8. The molecule has 0 radical (unpaired) electrons. The van der Waals surface area contributed by atoms with Crippen molar-refractivity contribution in [2.75, 3.05) is 0 Å². The second-order valence-electron chi connectivity index (χ2n) is 5.39. The number of oxime groups is 1. The minimum Gasteiger partial charge on any atom is -0.312 e. The number of benzene rings is 3. The molecule has 4 heteroatoms. The molecule has 0 heterocycles. The summed E-state index contributed by atoms with van der Waals surface area (Å²) in [6.45, 7) is 0. The summed E-state index contributed by atoms with van der Waals surface area (Å²) in [5, 5.41) is 4.17. The molecule has 0 aromatic heterocycles. The summed E-state index contributed by atoms with van der Waals surface area (Å²) in [6, 6.07) is 23.1. The number of fused-ring (bicyclic) bond motifs is 3. The molecular weight excluding hydrogens is 366 g/mol. The first-order valence-electron chi connectivity index (χ1n) is 7.49. The molecule has 4 rings (SSSR count). The minimum atomic E-state index is -0.489. The Kier molecular flexibility index (Phi) is 3.75. The van der Waals surface area contributed by atoms with Gasteiger partial charge in [0.15, 0.2) is 0 Å². The van der Waals surface area contributed by atoms with Crippen molar-refractivity contribution in [1.82, 2.24) is 0 Å². The number of hydrogen-bond acceptors (Lipinski definition) is 3. The maximum Gasteiger partial charge on any atom is 0.366 e. The van der Waals surface area contributed by atoms with Gasteiger partial charge in [-0.3, -0.25) is 0 Å². The van der Waals surface area contributed by atoms with E-state index < -0.39 is 5.97 Å². The van der Waals surface area contributed by atoms with Crippen LogP contribution in [0.5, 0.6) is 0 Å². The SMILES string of the molecule is O=C(ON=C1c2ccccc2-c2ccccc21)c1ccccc1Br. The molecule has 0 saturated heterocycles. The summed E-state index contributed by atoms with van der Waals surface area (Å²) >= 11 is 3.35. The Morgan fingerprint density at radius 3 is 1.83 bits per heavy atom. The van der Waals surface area contributed by atoms with Gasteiger partial charge in [-0.25, -0.2) is 4.79 Å². The number of halogens is 1. The smallest absolute Gasteiger partial charge is 0.312 e. The highest BCUT2D eigenvalue weighted by Gasteiger charge is 2.25. The maximum absolute atomic E-state index is 12.3. The molecule has 0 atom stereocenters. The van der Waals surface area contributed by atoms with E-state index in [1.54, 1.807) is 18.2 Å². The molecule has 0 aliphatic heterocycles. The zero-order valence-electron chi connectivity index (χ0n) is 12.6. The number of rotatable bonds is 2. The van der Waals surface area contributed by atoms with Crippen LogP contribution in [0.3, 0.4) is 0 Å². The Labute approximate surface area is 147 Å². The fourth-order valence-corrected chi connectivity index (χ4v) is 3.30. The lowest BCUT2D eigenvalue weighted by Crippen LogP contribution is -2.06. The lowest BCUT2D eigenvalue weighted by Gasteiger charge is -2.03. The Hall–Kier alpha value is -2.72. The van der Waals surface area contributed by atoms with E-state index in [9.17, 15) is 4.79 Å². The van der Waals surface area contributed by atoms with Crippen molar-refractivity contribution in [2.24, 2.45) is 5.16 Å².